The zero-order valence-electron chi connectivity index (χ0n) is 14.5. The van der Waals surface area contributed by atoms with Gasteiger partial charge in [-0.1, -0.05) is 48.5 Å². The monoisotopic (exact) mass is 340 g/mol. The maximum absolute atomic E-state index is 12.2. The molecule has 3 rings (SSSR count). The van der Waals surface area contributed by atoms with Gasteiger partial charge in [0.2, 0.25) is 0 Å². The third-order valence-corrected chi connectivity index (χ3v) is 4.69. The molecule has 0 spiro atoms. The number of hydrogen-bond acceptors (Lipinski definition) is 3. The van der Waals surface area contributed by atoms with Crippen molar-refractivity contribution in [1.29, 1.82) is 0 Å². The van der Waals surface area contributed by atoms with E-state index in [9.17, 15) is 9.90 Å². The summed E-state index contributed by atoms with van der Waals surface area (Å²) in [5.41, 5.74) is 0.762. The Labute approximate surface area is 148 Å². The van der Waals surface area contributed by atoms with Crippen molar-refractivity contribution in [2.45, 2.75) is 31.4 Å². The Morgan fingerprint density at radius 2 is 1.92 bits per heavy atom. The van der Waals surface area contributed by atoms with Crippen LogP contribution >= 0.6 is 0 Å². The van der Waals surface area contributed by atoms with Crippen LogP contribution in [-0.4, -0.2) is 30.3 Å². The summed E-state index contributed by atoms with van der Waals surface area (Å²) < 4.78 is 5.67. The van der Waals surface area contributed by atoms with Gasteiger partial charge in [-0.3, -0.25) is 0 Å². The molecule has 1 aliphatic rings. The number of urea groups is 1. The van der Waals surface area contributed by atoms with Gasteiger partial charge >= 0.3 is 6.03 Å². The van der Waals surface area contributed by atoms with Crippen molar-refractivity contribution in [3.05, 3.63) is 65.7 Å². The molecule has 0 saturated carbocycles. The fraction of sp³-hybridized carbons (Fsp3) is 0.350. The van der Waals surface area contributed by atoms with Gasteiger partial charge in [0.05, 0.1) is 13.2 Å². The summed E-state index contributed by atoms with van der Waals surface area (Å²) >= 11 is 0. The van der Waals surface area contributed by atoms with Gasteiger partial charge in [0, 0.05) is 17.5 Å². The Kier molecular flexibility index (Phi) is 4.95. The lowest BCUT2D eigenvalue weighted by Gasteiger charge is -2.26. The van der Waals surface area contributed by atoms with Crippen LogP contribution in [0.2, 0.25) is 0 Å². The Morgan fingerprint density at radius 1 is 1.24 bits per heavy atom. The fourth-order valence-corrected chi connectivity index (χ4v) is 3.11. The van der Waals surface area contributed by atoms with Crippen molar-refractivity contribution in [3.8, 4) is 5.75 Å². The molecule has 0 fully saturated rings. The van der Waals surface area contributed by atoms with Crippen LogP contribution in [0, 0.1) is 0 Å². The molecule has 5 heteroatoms. The molecule has 0 aliphatic carbocycles. The van der Waals surface area contributed by atoms with Gasteiger partial charge in [-0.05, 0) is 25.5 Å². The van der Waals surface area contributed by atoms with Crippen LogP contribution < -0.4 is 15.4 Å². The van der Waals surface area contributed by atoms with Crippen LogP contribution in [0.4, 0.5) is 4.79 Å². The summed E-state index contributed by atoms with van der Waals surface area (Å²) in [5, 5.41) is 16.3. The van der Waals surface area contributed by atoms with E-state index in [1.165, 1.54) is 0 Å². The lowest BCUT2D eigenvalue weighted by molar-refractivity contribution is 0.0592. The fourth-order valence-electron chi connectivity index (χ4n) is 3.11. The number of ether oxygens (including phenoxy) is 1. The highest BCUT2D eigenvalue weighted by molar-refractivity contribution is 5.74. The normalized spacial score (nSPS) is 19.2. The van der Waals surface area contributed by atoms with E-state index in [0.29, 0.717) is 6.61 Å². The molecule has 2 aromatic rings. The van der Waals surface area contributed by atoms with Crippen molar-refractivity contribution in [2.24, 2.45) is 0 Å². The summed E-state index contributed by atoms with van der Waals surface area (Å²) in [6.07, 6.45) is 0. The van der Waals surface area contributed by atoms with Crippen LogP contribution in [0.1, 0.15) is 30.9 Å². The predicted octanol–water partition coefficient (Wildman–Crippen LogP) is 2.76. The summed E-state index contributed by atoms with van der Waals surface area (Å²) in [7, 11) is 0. The number of carbonyl (C=O) groups is 1. The largest absolute Gasteiger partial charge is 0.493 e. The van der Waals surface area contributed by atoms with Gasteiger partial charge in [-0.2, -0.15) is 0 Å². The van der Waals surface area contributed by atoms with Gasteiger partial charge in [0.1, 0.15) is 11.4 Å². The summed E-state index contributed by atoms with van der Waals surface area (Å²) in [6.45, 7) is 4.34. The van der Waals surface area contributed by atoms with E-state index in [4.69, 9.17) is 4.74 Å². The Hall–Kier alpha value is -2.53. The molecule has 0 radical (unpaired) electrons. The number of rotatable bonds is 5. The molecule has 1 heterocycles. The van der Waals surface area contributed by atoms with Crippen LogP contribution in [0.3, 0.4) is 0 Å². The molecule has 0 aromatic heterocycles. The van der Waals surface area contributed by atoms with Crippen molar-refractivity contribution in [3.63, 3.8) is 0 Å². The van der Waals surface area contributed by atoms with E-state index in [-0.39, 0.29) is 24.5 Å². The smallest absolute Gasteiger partial charge is 0.315 e. The molecular weight excluding hydrogens is 316 g/mol. The first-order valence-electron chi connectivity index (χ1n) is 8.51. The highest BCUT2D eigenvalue weighted by Gasteiger charge is 2.30. The minimum atomic E-state index is -1.12. The van der Waals surface area contributed by atoms with Gasteiger partial charge in [-0.25, -0.2) is 4.79 Å². The summed E-state index contributed by atoms with van der Waals surface area (Å²) in [6, 6.07) is 16.8. The summed E-state index contributed by atoms with van der Waals surface area (Å²) in [4.78, 5) is 12.2. The zero-order chi connectivity index (χ0) is 17.9. The minimum Gasteiger partial charge on any atom is -0.493 e. The highest BCUT2D eigenvalue weighted by Crippen LogP contribution is 2.35. The number of fused-ring (bicyclic) bond motifs is 1. The van der Waals surface area contributed by atoms with Crippen molar-refractivity contribution >= 4 is 6.03 Å². The molecule has 0 bridgehead atoms. The zero-order valence-corrected chi connectivity index (χ0v) is 14.5. The molecular formula is C20H24N2O3. The average molecular weight is 340 g/mol. The minimum absolute atomic E-state index is 0.0784. The van der Waals surface area contributed by atoms with Crippen molar-refractivity contribution in [2.75, 3.05) is 13.2 Å². The molecule has 25 heavy (non-hydrogen) atoms. The maximum Gasteiger partial charge on any atom is 0.315 e. The van der Waals surface area contributed by atoms with Crippen LogP contribution in [-0.2, 0) is 5.60 Å². The second kappa shape index (κ2) is 7.15. The molecule has 3 atom stereocenters. The van der Waals surface area contributed by atoms with Crippen molar-refractivity contribution < 1.29 is 14.6 Å². The van der Waals surface area contributed by atoms with Gasteiger partial charge in [-0.15, -0.1) is 0 Å². The molecule has 2 aromatic carbocycles. The molecule has 0 saturated heterocycles. The molecule has 2 amide bonds. The van der Waals surface area contributed by atoms with E-state index >= 15 is 0 Å². The Morgan fingerprint density at radius 3 is 2.68 bits per heavy atom. The first kappa shape index (κ1) is 17.3. The van der Waals surface area contributed by atoms with Crippen LogP contribution in [0.15, 0.2) is 54.6 Å². The SMILES string of the molecule is CC(NC(=O)NCC(C)(O)c1ccccc1)C1COc2ccccc21. The van der Waals surface area contributed by atoms with E-state index in [1.807, 2.05) is 61.5 Å². The van der Waals surface area contributed by atoms with Gasteiger partial charge < -0.3 is 20.5 Å². The lowest BCUT2D eigenvalue weighted by Crippen LogP contribution is -2.47. The van der Waals surface area contributed by atoms with E-state index in [0.717, 1.165) is 16.9 Å². The van der Waals surface area contributed by atoms with E-state index < -0.39 is 5.60 Å². The molecule has 1 aliphatic heterocycles. The average Bonchev–Trinajstić information content (AvgIpc) is 3.05. The van der Waals surface area contributed by atoms with Gasteiger partial charge in [0.15, 0.2) is 0 Å². The first-order chi connectivity index (χ1) is 12.0. The number of para-hydroxylation sites is 1. The number of amides is 2. The number of nitrogens with one attached hydrogen (secondary N) is 2. The second-order valence-electron chi connectivity index (χ2n) is 6.71. The standard InChI is InChI=1S/C20H24N2O3/c1-14(17-12-25-18-11-7-6-10-16(17)18)22-19(23)21-13-20(2,24)15-8-4-3-5-9-15/h3-11,14,17,24H,12-13H2,1-2H3,(H2,21,22,23). The Balaban J connectivity index is 1.55. The van der Waals surface area contributed by atoms with Gasteiger partial charge in [0.25, 0.3) is 0 Å². The number of hydrogen-bond donors (Lipinski definition) is 3. The molecule has 132 valence electrons. The van der Waals surface area contributed by atoms with Crippen LogP contribution in [0.5, 0.6) is 5.75 Å². The third kappa shape index (κ3) is 3.94. The highest BCUT2D eigenvalue weighted by atomic mass is 16.5. The molecule has 3 unspecified atom stereocenters. The number of benzene rings is 2. The maximum atomic E-state index is 12.2. The lowest BCUT2D eigenvalue weighted by atomic mass is 9.94. The topological polar surface area (TPSA) is 70.6 Å². The number of carbonyl (C=O) groups excluding carboxylic acids is 1. The molecule has 3 N–H and O–H groups in total. The van der Waals surface area contributed by atoms with Crippen LogP contribution in [0.25, 0.3) is 0 Å². The molecule has 5 nitrogen and oxygen atoms in total. The summed E-state index contributed by atoms with van der Waals surface area (Å²) in [5.74, 6) is 1.00. The first-order valence-corrected chi connectivity index (χ1v) is 8.51. The third-order valence-electron chi connectivity index (χ3n) is 4.69. The second-order valence-corrected chi connectivity index (χ2v) is 6.71. The van der Waals surface area contributed by atoms with E-state index in [1.54, 1.807) is 6.92 Å². The Bertz CT molecular complexity index is 731. The quantitative estimate of drug-likeness (QED) is 0.784. The van der Waals surface area contributed by atoms with E-state index in [2.05, 4.69) is 10.6 Å². The predicted molar refractivity (Wildman–Crippen MR) is 96.7 cm³/mol. The van der Waals surface area contributed by atoms with Crippen molar-refractivity contribution in [1.82, 2.24) is 10.6 Å². The number of aliphatic hydroxyl groups is 1.